The molecule has 1 aliphatic heterocycles. The fourth-order valence-electron chi connectivity index (χ4n) is 1.85. The molecular weight excluding hydrogens is 331 g/mol. The van der Waals surface area contributed by atoms with Gasteiger partial charge in [0, 0.05) is 11.3 Å². The largest absolute Gasteiger partial charge is 0.490 e. The van der Waals surface area contributed by atoms with Gasteiger partial charge < -0.3 is 15.2 Å². The lowest BCUT2D eigenvalue weighted by Gasteiger charge is -2.10. The Balaban J connectivity index is 1.88. The van der Waals surface area contributed by atoms with E-state index < -0.39 is 0 Å². The van der Waals surface area contributed by atoms with Crippen molar-refractivity contribution >= 4 is 40.8 Å². The molecule has 1 aliphatic rings. The molecule has 110 valence electrons. The van der Waals surface area contributed by atoms with Gasteiger partial charge in [0.25, 0.3) is 0 Å². The van der Waals surface area contributed by atoms with Crippen LogP contribution in [0.1, 0.15) is 6.42 Å². The minimum absolute atomic E-state index is 0.262. The molecule has 0 unspecified atom stereocenters. The standard InChI is InChI=1S/C14H12Cl2N2O2S/c15-9-7-10(16)14(18-13(9)17)21-8-2-3-11-12(6-8)20-5-1-4-19-11/h2-3,6-7H,1,4-5H2,(H2,17,18). The van der Waals surface area contributed by atoms with E-state index in [-0.39, 0.29) is 5.82 Å². The van der Waals surface area contributed by atoms with E-state index in [9.17, 15) is 0 Å². The minimum Gasteiger partial charge on any atom is -0.490 e. The van der Waals surface area contributed by atoms with Crippen molar-refractivity contribution in [2.24, 2.45) is 0 Å². The van der Waals surface area contributed by atoms with Crippen LogP contribution >= 0.6 is 35.0 Å². The number of aromatic nitrogens is 1. The number of hydrogen-bond donors (Lipinski definition) is 1. The first-order valence-electron chi connectivity index (χ1n) is 6.32. The smallest absolute Gasteiger partial charge is 0.162 e. The molecule has 7 heteroatoms. The maximum absolute atomic E-state index is 6.14. The van der Waals surface area contributed by atoms with Gasteiger partial charge in [0.1, 0.15) is 10.8 Å². The Bertz CT molecular complexity index is 682. The van der Waals surface area contributed by atoms with Gasteiger partial charge in [-0.3, -0.25) is 0 Å². The van der Waals surface area contributed by atoms with Crippen LogP contribution in [0, 0.1) is 0 Å². The molecule has 0 spiro atoms. The van der Waals surface area contributed by atoms with Crippen LogP contribution in [0.4, 0.5) is 5.82 Å². The highest BCUT2D eigenvalue weighted by molar-refractivity contribution is 7.99. The van der Waals surface area contributed by atoms with Crippen molar-refractivity contribution < 1.29 is 9.47 Å². The third-order valence-electron chi connectivity index (χ3n) is 2.86. The number of pyridine rings is 1. The fraction of sp³-hybridized carbons (Fsp3) is 0.214. The Labute approximate surface area is 136 Å². The Morgan fingerprint density at radius 2 is 1.81 bits per heavy atom. The molecule has 0 saturated carbocycles. The van der Waals surface area contributed by atoms with E-state index in [4.69, 9.17) is 38.4 Å². The average Bonchev–Trinajstić information content (AvgIpc) is 2.69. The summed E-state index contributed by atoms with van der Waals surface area (Å²) < 4.78 is 11.3. The number of rotatable bonds is 2. The van der Waals surface area contributed by atoms with E-state index in [0.29, 0.717) is 28.3 Å². The Hall–Kier alpha value is -1.30. The SMILES string of the molecule is Nc1nc(Sc2ccc3c(c2)OCCCO3)c(Cl)cc1Cl. The van der Waals surface area contributed by atoms with Crippen molar-refractivity contribution in [3.8, 4) is 11.5 Å². The summed E-state index contributed by atoms with van der Waals surface area (Å²) in [7, 11) is 0. The van der Waals surface area contributed by atoms with Crippen molar-refractivity contribution in [2.45, 2.75) is 16.3 Å². The predicted molar refractivity (Wildman–Crippen MR) is 84.8 cm³/mol. The Morgan fingerprint density at radius 3 is 2.62 bits per heavy atom. The molecule has 4 nitrogen and oxygen atoms in total. The van der Waals surface area contributed by atoms with Crippen LogP contribution in [-0.4, -0.2) is 18.2 Å². The molecule has 3 rings (SSSR count). The number of nitrogens with two attached hydrogens (primary N) is 1. The first kappa shape index (κ1) is 14.6. The summed E-state index contributed by atoms with van der Waals surface area (Å²) in [6.45, 7) is 1.31. The molecule has 0 aliphatic carbocycles. The van der Waals surface area contributed by atoms with Gasteiger partial charge in [-0.1, -0.05) is 35.0 Å². The summed E-state index contributed by atoms with van der Waals surface area (Å²) in [5.41, 5.74) is 5.71. The van der Waals surface area contributed by atoms with Crippen LogP contribution in [0.3, 0.4) is 0 Å². The lowest BCUT2D eigenvalue weighted by atomic mass is 10.3. The van der Waals surface area contributed by atoms with Crippen LogP contribution in [0.5, 0.6) is 11.5 Å². The highest BCUT2D eigenvalue weighted by Gasteiger charge is 2.13. The van der Waals surface area contributed by atoms with Crippen LogP contribution in [-0.2, 0) is 0 Å². The number of nitrogen functional groups attached to an aromatic ring is 1. The van der Waals surface area contributed by atoms with Gasteiger partial charge in [0.15, 0.2) is 11.5 Å². The molecule has 0 bridgehead atoms. The number of ether oxygens (including phenoxy) is 2. The molecule has 21 heavy (non-hydrogen) atoms. The van der Waals surface area contributed by atoms with Crippen LogP contribution < -0.4 is 15.2 Å². The number of hydrogen-bond acceptors (Lipinski definition) is 5. The number of halogens is 2. The van der Waals surface area contributed by atoms with E-state index in [1.165, 1.54) is 11.8 Å². The van der Waals surface area contributed by atoms with E-state index in [1.807, 2.05) is 18.2 Å². The Kier molecular flexibility index (Phi) is 4.33. The van der Waals surface area contributed by atoms with Crippen molar-refractivity contribution in [3.05, 3.63) is 34.3 Å². The summed E-state index contributed by atoms with van der Waals surface area (Å²) >= 11 is 13.4. The molecule has 0 atom stereocenters. The molecule has 0 amide bonds. The second-order valence-corrected chi connectivity index (χ2v) is 6.28. The van der Waals surface area contributed by atoms with Gasteiger partial charge in [-0.15, -0.1) is 0 Å². The van der Waals surface area contributed by atoms with Crippen molar-refractivity contribution in [1.82, 2.24) is 4.98 Å². The number of nitrogens with zero attached hydrogens (tertiary/aromatic N) is 1. The van der Waals surface area contributed by atoms with Crippen LogP contribution in [0.15, 0.2) is 34.2 Å². The van der Waals surface area contributed by atoms with Crippen LogP contribution in [0.25, 0.3) is 0 Å². The quantitative estimate of drug-likeness (QED) is 0.882. The van der Waals surface area contributed by atoms with Crippen molar-refractivity contribution in [2.75, 3.05) is 18.9 Å². The summed E-state index contributed by atoms with van der Waals surface area (Å²) in [5, 5.41) is 1.42. The number of fused-ring (bicyclic) bond motifs is 1. The summed E-state index contributed by atoms with van der Waals surface area (Å²) in [4.78, 5) is 5.14. The molecule has 2 aromatic rings. The lowest BCUT2D eigenvalue weighted by Crippen LogP contribution is -1.97. The third-order valence-corrected chi connectivity index (χ3v) is 4.56. The van der Waals surface area contributed by atoms with Crippen molar-refractivity contribution in [1.29, 1.82) is 0 Å². The van der Waals surface area contributed by atoms with Gasteiger partial charge in [-0.2, -0.15) is 0 Å². The second-order valence-electron chi connectivity index (χ2n) is 4.40. The zero-order chi connectivity index (χ0) is 14.8. The molecule has 2 N–H and O–H groups in total. The number of benzene rings is 1. The summed E-state index contributed by atoms with van der Waals surface area (Å²) in [6.07, 6.45) is 0.873. The minimum atomic E-state index is 0.262. The Morgan fingerprint density at radius 1 is 1.05 bits per heavy atom. The average molecular weight is 343 g/mol. The highest BCUT2D eigenvalue weighted by Crippen LogP contribution is 2.39. The normalized spacial score (nSPS) is 13.8. The molecule has 1 aromatic heterocycles. The zero-order valence-electron chi connectivity index (χ0n) is 10.9. The van der Waals surface area contributed by atoms with Crippen LogP contribution in [0.2, 0.25) is 10.0 Å². The molecule has 1 aromatic carbocycles. The first-order valence-corrected chi connectivity index (χ1v) is 7.90. The second kappa shape index (κ2) is 6.22. The molecule has 2 heterocycles. The van der Waals surface area contributed by atoms with E-state index in [2.05, 4.69) is 4.98 Å². The van der Waals surface area contributed by atoms with Gasteiger partial charge >= 0.3 is 0 Å². The monoisotopic (exact) mass is 342 g/mol. The fourth-order valence-corrected chi connectivity index (χ4v) is 3.15. The first-order chi connectivity index (χ1) is 10.1. The third kappa shape index (κ3) is 3.31. The topological polar surface area (TPSA) is 57.4 Å². The molecular formula is C14H12Cl2N2O2S. The van der Waals surface area contributed by atoms with Gasteiger partial charge in [-0.05, 0) is 24.3 Å². The number of anilines is 1. The summed E-state index contributed by atoms with van der Waals surface area (Å²) in [6, 6.07) is 7.32. The highest BCUT2D eigenvalue weighted by atomic mass is 35.5. The van der Waals surface area contributed by atoms with Gasteiger partial charge in [0.2, 0.25) is 0 Å². The lowest BCUT2D eigenvalue weighted by molar-refractivity contribution is 0.297. The zero-order valence-corrected chi connectivity index (χ0v) is 13.3. The van der Waals surface area contributed by atoms with E-state index in [0.717, 1.165) is 22.8 Å². The van der Waals surface area contributed by atoms with E-state index in [1.54, 1.807) is 6.07 Å². The molecule has 0 fully saturated rings. The van der Waals surface area contributed by atoms with Gasteiger partial charge in [0.05, 0.1) is 23.3 Å². The maximum atomic E-state index is 6.14. The molecule has 0 saturated heterocycles. The maximum Gasteiger partial charge on any atom is 0.162 e. The van der Waals surface area contributed by atoms with E-state index >= 15 is 0 Å². The molecule has 0 radical (unpaired) electrons. The summed E-state index contributed by atoms with van der Waals surface area (Å²) in [5.74, 6) is 1.75. The van der Waals surface area contributed by atoms with Crippen molar-refractivity contribution in [3.63, 3.8) is 0 Å². The predicted octanol–water partition coefficient (Wildman–Crippen LogP) is 4.28. The van der Waals surface area contributed by atoms with Gasteiger partial charge in [-0.25, -0.2) is 4.98 Å².